The van der Waals surface area contributed by atoms with Crippen LogP contribution in [0, 0.1) is 12.8 Å². The van der Waals surface area contributed by atoms with Crippen LogP contribution in [0.3, 0.4) is 0 Å². The topological polar surface area (TPSA) is 29.9 Å². The van der Waals surface area contributed by atoms with E-state index < -0.39 is 0 Å². The molecule has 1 aromatic heterocycles. The summed E-state index contributed by atoms with van der Waals surface area (Å²) in [7, 11) is 0. The number of nitrogens with zero attached hydrogens (tertiary/aromatic N) is 2. The Morgan fingerprint density at radius 2 is 2.17 bits per heavy atom. The minimum Gasteiger partial charge on any atom is -0.334 e. The molecule has 0 aliphatic heterocycles. The van der Waals surface area contributed by atoms with Crippen LogP contribution >= 0.6 is 0 Å². The van der Waals surface area contributed by atoms with E-state index in [1.807, 2.05) is 6.20 Å². The van der Waals surface area contributed by atoms with Gasteiger partial charge in [-0.2, -0.15) is 0 Å². The first-order chi connectivity index (χ1) is 8.81. The first kappa shape index (κ1) is 13.6. The highest BCUT2D eigenvalue weighted by atomic mass is 15.1. The number of aromatic nitrogens is 2. The number of hydrogen-bond acceptors (Lipinski definition) is 2. The molecule has 1 aromatic rings. The maximum absolute atomic E-state index is 4.26. The maximum Gasteiger partial charge on any atom is 0.105 e. The molecule has 0 radical (unpaired) electrons. The summed E-state index contributed by atoms with van der Waals surface area (Å²) in [5.41, 5.74) is 0. The van der Waals surface area contributed by atoms with Gasteiger partial charge in [0.05, 0.1) is 0 Å². The normalized spacial score (nSPS) is 19.0. The molecule has 1 aliphatic rings. The highest BCUT2D eigenvalue weighted by molar-refractivity contribution is 4.88. The zero-order valence-electron chi connectivity index (χ0n) is 11.9. The van der Waals surface area contributed by atoms with Gasteiger partial charge in [-0.05, 0) is 32.1 Å². The van der Waals surface area contributed by atoms with Crippen molar-refractivity contribution in [1.82, 2.24) is 14.9 Å². The van der Waals surface area contributed by atoms with Crippen LogP contribution in [0.1, 0.15) is 51.3 Å². The zero-order valence-corrected chi connectivity index (χ0v) is 11.9. The molecule has 3 nitrogen and oxygen atoms in total. The van der Waals surface area contributed by atoms with Gasteiger partial charge in [0.2, 0.25) is 0 Å². The van der Waals surface area contributed by atoms with E-state index in [0.717, 1.165) is 24.8 Å². The van der Waals surface area contributed by atoms with Crippen LogP contribution in [0.15, 0.2) is 12.4 Å². The smallest absolute Gasteiger partial charge is 0.105 e. The Morgan fingerprint density at radius 1 is 1.39 bits per heavy atom. The third kappa shape index (κ3) is 3.58. The lowest BCUT2D eigenvalue weighted by atomic mass is 9.83. The average Bonchev–Trinajstić information content (AvgIpc) is 2.81. The van der Waals surface area contributed by atoms with Crippen LogP contribution in [0.25, 0.3) is 0 Å². The highest BCUT2D eigenvalue weighted by Gasteiger charge is 2.21. The quantitative estimate of drug-likeness (QED) is 0.839. The fourth-order valence-electron chi connectivity index (χ4n) is 3.19. The van der Waals surface area contributed by atoms with Crippen molar-refractivity contribution in [2.45, 2.75) is 65.0 Å². The Kier molecular flexibility index (Phi) is 5.24. The molecule has 1 saturated carbocycles. The Labute approximate surface area is 111 Å². The van der Waals surface area contributed by atoms with Crippen LogP contribution < -0.4 is 5.32 Å². The fourth-order valence-corrected chi connectivity index (χ4v) is 3.19. The minimum atomic E-state index is 0.717. The number of imidazole rings is 1. The summed E-state index contributed by atoms with van der Waals surface area (Å²) in [6, 6.07) is 0.717. The van der Waals surface area contributed by atoms with E-state index in [2.05, 4.69) is 34.9 Å². The van der Waals surface area contributed by atoms with Crippen molar-refractivity contribution in [2.75, 3.05) is 6.54 Å². The Bertz CT molecular complexity index is 339. The Hall–Kier alpha value is -0.830. The second kappa shape index (κ2) is 6.93. The van der Waals surface area contributed by atoms with E-state index in [9.17, 15) is 0 Å². The zero-order chi connectivity index (χ0) is 12.8. The molecule has 0 bridgehead atoms. The molecule has 0 spiro atoms. The van der Waals surface area contributed by atoms with E-state index in [0.29, 0.717) is 6.04 Å². The third-order valence-electron chi connectivity index (χ3n) is 4.34. The van der Waals surface area contributed by atoms with Gasteiger partial charge in [-0.1, -0.05) is 26.2 Å². The van der Waals surface area contributed by atoms with E-state index in [1.54, 1.807) is 0 Å². The van der Waals surface area contributed by atoms with Crippen LogP contribution in [-0.4, -0.2) is 22.1 Å². The van der Waals surface area contributed by atoms with Crippen LogP contribution in [0.4, 0.5) is 0 Å². The molecule has 1 fully saturated rings. The van der Waals surface area contributed by atoms with E-state index >= 15 is 0 Å². The number of hydrogen-bond donors (Lipinski definition) is 1. The highest BCUT2D eigenvalue weighted by Crippen LogP contribution is 2.27. The Balaban J connectivity index is 1.75. The summed E-state index contributed by atoms with van der Waals surface area (Å²) >= 11 is 0. The van der Waals surface area contributed by atoms with Gasteiger partial charge in [0.15, 0.2) is 0 Å². The first-order valence-electron chi connectivity index (χ1n) is 7.52. The summed E-state index contributed by atoms with van der Waals surface area (Å²) in [5, 5.41) is 3.76. The predicted octanol–water partition coefficient (Wildman–Crippen LogP) is 3.14. The molecule has 2 rings (SSSR count). The molecule has 18 heavy (non-hydrogen) atoms. The lowest BCUT2D eigenvalue weighted by Crippen LogP contribution is -2.38. The summed E-state index contributed by atoms with van der Waals surface area (Å²) in [4.78, 5) is 4.26. The number of aryl methyl sites for hydroxylation is 1. The van der Waals surface area contributed by atoms with Gasteiger partial charge in [0.25, 0.3) is 0 Å². The van der Waals surface area contributed by atoms with Crippen molar-refractivity contribution < 1.29 is 0 Å². The van der Waals surface area contributed by atoms with Gasteiger partial charge in [-0.25, -0.2) is 4.98 Å². The lowest BCUT2D eigenvalue weighted by Gasteiger charge is -2.30. The van der Waals surface area contributed by atoms with Crippen LogP contribution in [-0.2, 0) is 6.54 Å². The second-order valence-corrected chi connectivity index (χ2v) is 5.53. The first-order valence-corrected chi connectivity index (χ1v) is 7.52. The fraction of sp³-hybridized carbons (Fsp3) is 0.800. The van der Waals surface area contributed by atoms with Crippen molar-refractivity contribution in [3.63, 3.8) is 0 Å². The van der Waals surface area contributed by atoms with Crippen molar-refractivity contribution in [2.24, 2.45) is 5.92 Å². The van der Waals surface area contributed by atoms with Gasteiger partial charge < -0.3 is 9.88 Å². The molecule has 0 saturated heterocycles. The third-order valence-corrected chi connectivity index (χ3v) is 4.34. The van der Waals surface area contributed by atoms with Gasteiger partial charge in [0, 0.05) is 31.5 Å². The van der Waals surface area contributed by atoms with E-state index in [1.165, 1.54) is 38.5 Å². The van der Waals surface area contributed by atoms with Crippen LogP contribution in [0.5, 0.6) is 0 Å². The molecule has 1 atom stereocenters. The summed E-state index contributed by atoms with van der Waals surface area (Å²) in [5.74, 6) is 2.02. The summed E-state index contributed by atoms with van der Waals surface area (Å²) < 4.78 is 2.22. The standard InChI is InChI=1S/C15H27N3/c1-3-15(14-7-5-4-6-8-14)17-10-12-18-11-9-16-13(18)2/h9,11,14-15,17H,3-8,10,12H2,1-2H3. The predicted molar refractivity (Wildman–Crippen MR) is 75.6 cm³/mol. The molecule has 0 amide bonds. The van der Waals surface area contributed by atoms with Crippen molar-refractivity contribution in [3.8, 4) is 0 Å². The van der Waals surface area contributed by atoms with Gasteiger partial charge in [-0.3, -0.25) is 0 Å². The monoisotopic (exact) mass is 249 g/mol. The van der Waals surface area contributed by atoms with Crippen molar-refractivity contribution in [3.05, 3.63) is 18.2 Å². The van der Waals surface area contributed by atoms with Gasteiger partial charge in [-0.15, -0.1) is 0 Å². The molecule has 1 aliphatic carbocycles. The molecule has 102 valence electrons. The lowest BCUT2D eigenvalue weighted by molar-refractivity contribution is 0.261. The number of rotatable bonds is 6. The SMILES string of the molecule is CCC(NCCn1ccnc1C)C1CCCCC1. The molecular weight excluding hydrogens is 222 g/mol. The van der Waals surface area contributed by atoms with Crippen molar-refractivity contribution in [1.29, 1.82) is 0 Å². The molecule has 1 N–H and O–H groups in total. The van der Waals surface area contributed by atoms with Gasteiger partial charge in [0.1, 0.15) is 5.82 Å². The van der Waals surface area contributed by atoms with Crippen molar-refractivity contribution >= 4 is 0 Å². The largest absolute Gasteiger partial charge is 0.334 e. The van der Waals surface area contributed by atoms with Gasteiger partial charge >= 0.3 is 0 Å². The molecule has 0 aromatic carbocycles. The summed E-state index contributed by atoms with van der Waals surface area (Å²) in [6.07, 6.45) is 12.4. The minimum absolute atomic E-state index is 0.717. The second-order valence-electron chi connectivity index (χ2n) is 5.53. The van der Waals surface area contributed by atoms with E-state index in [4.69, 9.17) is 0 Å². The summed E-state index contributed by atoms with van der Waals surface area (Å²) in [6.45, 7) is 6.48. The molecule has 1 heterocycles. The molecule has 1 unspecified atom stereocenters. The maximum atomic E-state index is 4.26. The molecular formula is C15H27N3. The molecule has 3 heteroatoms. The van der Waals surface area contributed by atoms with E-state index in [-0.39, 0.29) is 0 Å². The Morgan fingerprint density at radius 3 is 2.78 bits per heavy atom. The average molecular weight is 249 g/mol. The number of nitrogens with one attached hydrogen (secondary N) is 1. The van der Waals surface area contributed by atoms with Crippen LogP contribution in [0.2, 0.25) is 0 Å².